The molecule has 0 fully saturated rings. The molecule has 3 nitrogen and oxygen atoms in total. The number of benzene rings is 1. The molecule has 0 saturated heterocycles. The highest BCUT2D eigenvalue weighted by Gasteiger charge is 2.07. The molecule has 20 heavy (non-hydrogen) atoms. The summed E-state index contributed by atoms with van der Waals surface area (Å²) in [7, 11) is 1.94. The van der Waals surface area contributed by atoms with Crippen molar-refractivity contribution in [2.75, 3.05) is 7.05 Å². The van der Waals surface area contributed by atoms with Gasteiger partial charge in [-0.3, -0.25) is 4.98 Å². The van der Waals surface area contributed by atoms with E-state index < -0.39 is 0 Å². The Labute approximate surface area is 124 Å². The second-order valence-corrected chi connectivity index (χ2v) is 5.02. The molecule has 0 amide bonds. The van der Waals surface area contributed by atoms with E-state index in [1.54, 1.807) is 6.20 Å². The summed E-state index contributed by atoms with van der Waals surface area (Å²) >= 11 is 5.94. The highest BCUT2D eigenvalue weighted by atomic mass is 35.5. The average Bonchev–Trinajstić information content (AvgIpc) is 2.48. The number of pyridine rings is 1. The van der Waals surface area contributed by atoms with Crippen LogP contribution in [-0.2, 0) is 6.61 Å². The molecule has 1 heterocycles. The second-order valence-electron chi connectivity index (χ2n) is 4.59. The molecule has 0 bridgehead atoms. The summed E-state index contributed by atoms with van der Waals surface area (Å²) in [5, 5.41) is 3.96. The van der Waals surface area contributed by atoms with E-state index in [0.717, 1.165) is 28.5 Å². The highest BCUT2D eigenvalue weighted by molar-refractivity contribution is 6.30. The molecule has 0 spiro atoms. The third kappa shape index (κ3) is 3.95. The molecular formula is C16H19ClN2O. The van der Waals surface area contributed by atoms with Crippen molar-refractivity contribution in [3.8, 4) is 5.75 Å². The van der Waals surface area contributed by atoms with Gasteiger partial charge in [-0.05, 0) is 43.3 Å². The Morgan fingerprint density at radius 1 is 1.30 bits per heavy atom. The lowest BCUT2D eigenvalue weighted by Crippen LogP contribution is -2.16. The van der Waals surface area contributed by atoms with Gasteiger partial charge in [-0.1, -0.05) is 30.7 Å². The first kappa shape index (κ1) is 14.8. The lowest BCUT2D eigenvalue weighted by molar-refractivity contribution is 0.304. The smallest absolute Gasteiger partial charge is 0.138 e. The van der Waals surface area contributed by atoms with Crippen molar-refractivity contribution >= 4 is 11.6 Å². The summed E-state index contributed by atoms with van der Waals surface area (Å²) in [6.07, 6.45) is 2.77. The molecule has 2 rings (SSSR count). The molecule has 0 radical (unpaired) electrons. The van der Waals surface area contributed by atoms with Crippen LogP contribution in [0, 0.1) is 0 Å². The van der Waals surface area contributed by atoms with Gasteiger partial charge in [0.15, 0.2) is 0 Å². The molecule has 1 aromatic heterocycles. The van der Waals surface area contributed by atoms with E-state index in [4.69, 9.17) is 16.3 Å². The molecule has 1 N–H and O–H groups in total. The molecule has 106 valence electrons. The maximum absolute atomic E-state index is 5.94. The van der Waals surface area contributed by atoms with Crippen LogP contribution >= 0.6 is 11.6 Å². The first-order valence-corrected chi connectivity index (χ1v) is 7.11. The van der Waals surface area contributed by atoms with E-state index in [-0.39, 0.29) is 6.04 Å². The minimum absolute atomic E-state index is 0.289. The fraction of sp³-hybridized carbons (Fsp3) is 0.312. The number of hydrogen-bond donors (Lipinski definition) is 1. The Bertz CT molecular complexity index is 538. The normalized spacial score (nSPS) is 12.2. The van der Waals surface area contributed by atoms with Crippen LogP contribution in [0.4, 0.5) is 0 Å². The summed E-state index contributed by atoms with van der Waals surface area (Å²) in [5.41, 5.74) is 2.08. The number of rotatable bonds is 6. The zero-order chi connectivity index (χ0) is 14.4. The van der Waals surface area contributed by atoms with E-state index in [9.17, 15) is 0 Å². The summed E-state index contributed by atoms with van der Waals surface area (Å²) in [6, 6.07) is 11.9. The van der Waals surface area contributed by atoms with Crippen molar-refractivity contribution in [1.82, 2.24) is 10.3 Å². The summed E-state index contributed by atoms with van der Waals surface area (Å²) < 4.78 is 5.71. The van der Waals surface area contributed by atoms with Gasteiger partial charge in [0.05, 0.1) is 11.9 Å². The van der Waals surface area contributed by atoms with Crippen molar-refractivity contribution in [1.29, 1.82) is 0 Å². The van der Waals surface area contributed by atoms with E-state index in [1.165, 1.54) is 0 Å². The predicted octanol–water partition coefficient (Wildman–Crippen LogP) is 3.98. The summed E-state index contributed by atoms with van der Waals surface area (Å²) in [5.74, 6) is 0.764. The number of halogens is 1. The Morgan fingerprint density at radius 2 is 2.15 bits per heavy atom. The van der Waals surface area contributed by atoms with Gasteiger partial charge in [0, 0.05) is 11.1 Å². The van der Waals surface area contributed by atoms with Gasteiger partial charge in [-0.25, -0.2) is 0 Å². The van der Waals surface area contributed by atoms with Gasteiger partial charge < -0.3 is 10.1 Å². The fourth-order valence-corrected chi connectivity index (χ4v) is 2.25. The van der Waals surface area contributed by atoms with Crippen LogP contribution in [0.5, 0.6) is 5.75 Å². The van der Waals surface area contributed by atoms with Crippen LogP contribution in [0.3, 0.4) is 0 Å². The minimum atomic E-state index is 0.289. The van der Waals surface area contributed by atoms with Crippen LogP contribution < -0.4 is 10.1 Å². The topological polar surface area (TPSA) is 34.1 Å². The van der Waals surface area contributed by atoms with Crippen LogP contribution in [0.25, 0.3) is 0 Å². The van der Waals surface area contributed by atoms with Crippen molar-refractivity contribution in [2.45, 2.75) is 26.0 Å². The monoisotopic (exact) mass is 290 g/mol. The molecule has 1 aromatic carbocycles. The molecular weight excluding hydrogens is 272 g/mol. The maximum atomic E-state index is 5.94. The van der Waals surface area contributed by atoms with Crippen molar-refractivity contribution in [3.05, 3.63) is 58.9 Å². The second kappa shape index (κ2) is 7.27. The minimum Gasteiger partial charge on any atom is -0.487 e. The molecule has 2 aromatic rings. The number of ether oxygens (including phenoxy) is 1. The molecule has 0 aliphatic rings. The lowest BCUT2D eigenvalue weighted by atomic mass is 10.1. The van der Waals surface area contributed by atoms with Gasteiger partial charge >= 0.3 is 0 Å². The van der Waals surface area contributed by atoms with Crippen LogP contribution in [0.1, 0.15) is 30.6 Å². The standard InChI is InChI=1S/C16H19ClN2O/c1-3-15(18-2)16-8-7-14(10-19-16)20-11-12-5-4-6-13(17)9-12/h4-10,15,18H,3,11H2,1-2H3. The van der Waals surface area contributed by atoms with E-state index in [0.29, 0.717) is 6.61 Å². The van der Waals surface area contributed by atoms with E-state index in [1.807, 2.05) is 43.4 Å². The number of aromatic nitrogens is 1. The van der Waals surface area contributed by atoms with E-state index >= 15 is 0 Å². The van der Waals surface area contributed by atoms with Gasteiger partial charge in [-0.2, -0.15) is 0 Å². The largest absolute Gasteiger partial charge is 0.487 e. The Hall–Kier alpha value is -1.58. The molecule has 0 saturated carbocycles. The van der Waals surface area contributed by atoms with E-state index in [2.05, 4.69) is 17.2 Å². The molecule has 1 atom stereocenters. The van der Waals surface area contributed by atoms with Gasteiger partial charge in [0.2, 0.25) is 0 Å². The number of nitrogens with zero attached hydrogens (tertiary/aromatic N) is 1. The zero-order valence-electron chi connectivity index (χ0n) is 11.8. The summed E-state index contributed by atoms with van der Waals surface area (Å²) in [6.45, 7) is 2.62. The zero-order valence-corrected chi connectivity index (χ0v) is 12.5. The van der Waals surface area contributed by atoms with Crippen LogP contribution in [0.2, 0.25) is 5.02 Å². The van der Waals surface area contributed by atoms with Gasteiger partial charge in [0.25, 0.3) is 0 Å². The SMILES string of the molecule is CCC(NC)c1ccc(OCc2cccc(Cl)c2)cn1. The maximum Gasteiger partial charge on any atom is 0.138 e. The Balaban J connectivity index is 1.97. The van der Waals surface area contributed by atoms with Gasteiger partial charge in [0.1, 0.15) is 12.4 Å². The predicted molar refractivity (Wildman–Crippen MR) is 82.1 cm³/mol. The molecule has 0 aliphatic carbocycles. The first-order valence-electron chi connectivity index (χ1n) is 6.73. The number of hydrogen-bond acceptors (Lipinski definition) is 3. The quantitative estimate of drug-likeness (QED) is 0.873. The summed E-state index contributed by atoms with van der Waals surface area (Å²) in [4.78, 5) is 4.44. The third-order valence-corrected chi connectivity index (χ3v) is 3.40. The number of nitrogens with one attached hydrogen (secondary N) is 1. The van der Waals surface area contributed by atoms with Crippen molar-refractivity contribution in [3.63, 3.8) is 0 Å². The Morgan fingerprint density at radius 3 is 2.75 bits per heavy atom. The fourth-order valence-electron chi connectivity index (χ4n) is 2.04. The molecule has 4 heteroatoms. The van der Waals surface area contributed by atoms with Crippen molar-refractivity contribution in [2.24, 2.45) is 0 Å². The molecule has 1 unspecified atom stereocenters. The van der Waals surface area contributed by atoms with Crippen molar-refractivity contribution < 1.29 is 4.74 Å². The first-order chi connectivity index (χ1) is 9.72. The van der Waals surface area contributed by atoms with Crippen LogP contribution in [-0.4, -0.2) is 12.0 Å². The van der Waals surface area contributed by atoms with Crippen LogP contribution in [0.15, 0.2) is 42.6 Å². The molecule has 0 aliphatic heterocycles. The highest BCUT2D eigenvalue weighted by Crippen LogP contribution is 2.18. The lowest BCUT2D eigenvalue weighted by Gasteiger charge is -2.13. The third-order valence-electron chi connectivity index (χ3n) is 3.17. The average molecular weight is 291 g/mol. The Kier molecular flexibility index (Phi) is 5.39. The van der Waals surface area contributed by atoms with Gasteiger partial charge in [-0.15, -0.1) is 0 Å².